The topological polar surface area (TPSA) is 302 Å². The standard InChI is InChI=1S/C27H20N6O11S3/c28-20-12-18-14(9-23(20)46(39,40)41)10-24(47(42,43)44)25(26(18)34)33-32-22-7-6-21(17-5-4-16(11-19(17)22)45(36,37)38)31-30-15-3-1-2-13(8-15)27(29)35/h1-12,34H,28H2,(H2,29,35)(H,36,37,38)(H,39,40,41)(H,42,43,44). The van der Waals surface area contributed by atoms with E-state index in [1.54, 1.807) is 0 Å². The van der Waals surface area contributed by atoms with Crippen LogP contribution in [0.3, 0.4) is 0 Å². The third-order valence-electron chi connectivity index (χ3n) is 6.64. The van der Waals surface area contributed by atoms with Gasteiger partial charge in [0, 0.05) is 21.7 Å². The lowest BCUT2D eigenvalue weighted by molar-refractivity contribution is 0.1000. The van der Waals surface area contributed by atoms with Crippen LogP contribution in [0.5, 0.6) is 5.75 Å². The lowest BCUT2D eigenvalue weighted by Gasteiger charge is -2.11. The van der Waals surface area contributed by atoms with E-state index in [9.17, 15) is 48.8 Å². The molecule has 0 atom stereocenters. The number of azo groups is 2. The molecule has 0 saturated heterocycles. The number of carbonyl (C=O) groups excluding carboxylic acids is 1. The van der Waals surface area contributed by atoms with Gasteiger partial charge in [0.05, 0.1) is 27.6 Å². The van der Waals surface area contributed by atoms with Gasteiger partial charge in [0.2, 0.25) is 5.91 Å². The van der Waals surface area contributed by atoms with Crippen molar-refractivity contribution in [3.63, 3.8) is 0 Å². The molecule has 0 aliphatic heterocycles. The Bertz CT molecular complexity index is 2550. The number of nitrogen functional groups attached to an aromatic ring is 1. The summed E-state index contributed by atoms with van der Waals surface area (Å²) in [7, 11) is -14.7. The number of hydrogen-bond donors (Lipinski definition) is 6. The summed E-state index contributed by atoms with van der Waals surface area (Å²) in [4.78, 5) is 9.15. The Kier molecular flexibility index (Phi) is 8.26. The molecular weight excluding hydrogens is 681 g/mol. The second-order valence-corrected chi connectivity index (χ2v) is 13.9. The van der Waals surface area contributed by atoms with Gasteiger partial charge in [-0.2, -0.15) is 30.4 Å². The first-order chi connectivity index (χ1) is 21.8. The minimum absolute atomic E-state index is 0.00179. The SMILES string of the molecule is NC(=O)c1cccc(N=Nc2ccc(N=Nc3c(S(=O)(=O)O)cc4cc(S(=O)(=O)O)c(N)cc4c3O)c3cc(S(=O)(=O)O)ccc23)c1. The fraction of sp³-hybridized carbons (Fsp3) is 0. The lowest BCUT2D eigenvalue weighted by Crippen LogP contribution is -2.10. The van der Waals surface area contributed by atoms with E-state index in [4.69, 9.17) is 11.5 Å². The highest BCUT2D eigenvalue weighted by Gasteiger charge is 2.25. The van der Waals surface area contributed by atoms with Gasteiger partial charge in [0.25, 0.3) is 30.4 Å². The Morgan fingerprint density at radius 1 is 0.638 bits per heavy atom. The van der Waals surface area contributed by atoms with Crippen molar-refractivity contribution in [2.75, 3.05) is 5.73 Å². The van der Waals surface area contributed by atoms with E-state index in [1.807, 2.05) is 0 Å². The quantitative estimate of drug-likeness (QED) is 0.0711. The highest BCUT2D eigenvalue weighted by atomic mass is 32.2. The van der Waals surface area contributed by atoms with Crippen LogP contribution >= 0.6 is 0 Å². The Hall–Kier alpha value is -5.38. The van der Waals surface area contributed by atoms with Gasteiger partial charge >= 0.3 is 0 Å². The van der Waals surface area contributed by atoms with Gasteiger partial charge in [0.15, 0.2) is 5.75 Å². The number of phenolic OH excluding ortho intramolecular Hbond substituents is 1. The van der Waals surface area contributed by atoms with E-state index in [0.717, 1.165) is 30.3 Å². The second-order valence-electron chi connectivity index (χ2n) is 9.73. The number of fused-ring (bicyclic) bond motifs is 2. The number of nitrogens with two attached hydrogens (primary N) is 2. The van der Waals surface area contributed by atoms with Crippen LogP contribution in [-0.2, 0) is 30.4 Å². The van der Waals surface area contributed by atoms with Crippen LogP contribution in [0.15, 0.2) is 108 Å². The van der Waals surface area contributed by atoms with Crippen LogP contribution in [0.25, 0.3) is 21.5 Å². The average Bonchev–Trinajstić information content (AvgIpc) is 2.98. The van der Waals surface area contributed by atoms with Crippen molar-refractivity contribution >= 4 is 86.2 Å². The number of phenols is 1. The van der Waals surface area contributed by atoms with Gasteiger partial charge < -0.3 is 16.6 Å². The minimum Gasteiger partial charge on any atom is -0.505 e. The molecule has 0 bridgehead atoms. The van der Waals surface area contributed by atoms with Gasteiger partial charge in [-0.15, -0.1) is 15.3 Å². The van der Waals surface area contributed by atoms with E-state index in [0.29, 0.717) is 0 Å². The molecule has 5 rings (SSSR count). The lowest BCUT2D eigenvalue weighted by atomic mass is 10.1. The third kappa shape index (κ3) is 6.77. The largest absolute Gasteiger partial charge is 0.505 e. The van der Waals surface area contributed by atoms with Crippen molar-refractivity contribution in [3.8, 4) is 5.75 Å². The van der Waals surface area contributed by atoms with Crippen molar-refractivity contribution in [2.45, 2.75) is 14.7 Å². The number of rotatable bonds is 8. The number of aromatic hydroxyl groups is 1. The number of benzene rings is 5. The predicted octanol–water partition coefficient (Wildman–Crippen LogP) is 4.95. The van der Waals surface area contributed by atoms with Crippen LogP contribution in [-0.4, -0.2) is 49.9 Å². The summed E-state index contributed by atoms with van der Waals surface area (Å²) < 4.78 is 101. The summed E-state index contributed by atoms with van der Waals surface area (Å²) in [5, 5.41) is 26.7. The monoisotopic (exact) mass is 700 g/mol. The van der Waals surface area contributed by atoms with E-state index in [1.165, 1.54) is 42.5 Å². The molecule has 0 unspecified atom stereocenters. The third-order valence-corrected chi connectivity index (χ3v) is 9.26. The molecule has 0 aliphatic rings. The fourth-order valence-corrected chi connectivity index (χ4v) is 6.27. The number of nitrogens with zero attached hydrogens (tertiary/aromatic N) is 4. The smallest absolute Gasteiger partial charge is 0.296 e. The molecule has 0 spiro atoms. The summed E-state index contributed by atoms with van der Waals surface area (Å²) in [5.41, 5.74) is 10.1. The molecule has 17 nitrogen and oxygen atoms in total. The number of carbonyl (C=O) groups is 1. The highest BCUT2D eigenvalue weighted by Crippen LogP contribution is 2.44. The molecule has 8 N–H and O–H groups in total. The predicted molar refractivity (Wildman–Crippen MR) is 167 cm³/mol. The van der Waals surface area contributed by atoms with Crippen LogP contribution in [0, 0.1) is 0 Å². The maximum absolute atomic E-state index is 12.3. The fourth-order valence-electron chi connectivity index (χ4n) is 4.48. The summed E-state index contributed by atoms with van der Waals surface area (Å²) in [6, 6.07) is 14.4. The molecule has 20 heteroatoms. The number of anilines is 1. The molecule has 0 aromatic heterocycles. The van der Waals surface area contributed by atoms with Crippen molar-refractivity contribution in [3.05, 3.63) is 78.4 Å². The number of amides is 1. The maximum Gasteiger partial charge on any atom is 0.296 e. The Morgan fingerprint density at radius 2 is 1.26 bits per heavy atom. The minimum atomic E-state index is -5.15. The molecule has 0 heterocycles. The zero-order valence-electron chi connectivity index (χ0n) is 23.2. The zero-order valence-corrected chi connectivity index (χ0v) is 25.7. The second kappa shape index (κ2) is 11.8. The first-order valence-corrected chi connectivity index (χ1v) is 17.0. The van der Waals surface area contributed by atoms with Crippen molar-refractivity contribution in [1.82, 2.24) is 0 Å². The molecule has 0 saturated carbocycles. The normalized spacial score (nSPS) is 12.8. The van der Waals surface area contributed by atoms with E-state index in [-0.39, 0.29) is 44.2 Å². The molecular formula is C27H20N6O11S3. The van der Waals surface area contributed by atoms with Gasteiger partial charge in [-0.25, -0.2) is 0 Å². The van der Waals surface area contributed by atoms with Gasteiger partial charge in [-0.3, -0.25) is 18.5 Å². The summed E-state index contributed by atoms with van der Waals surface area (Å²) in [6.45, 7) is 0. The summed E-state index contributed by atoms with van der Waals surface area (Å²) >= 11 is 0. The molecule has 0 radical (unpaired) electrons. The zero-order chi connectivity index (χ0) is 34.5. The van der Waals surface area contributed by atoms with Crippen molar-refractivity contribution in [2.24, 2.45) is 26.2 Å². The van der Waals surface area contributed by atoms with E-state index >= 15 is 0 Å². The van der Waals surface area contributed by atoms with Crippen LogP contribution in [0.2, 0.25) is 0 Å². The van der Waals surface area contributed by atoms with Crippen LogP contribution in [0.4, 0.5) is 28.4 Å². The average molecular weight is 701 g/mol. The first-order valence-electron chi connectivity index (χ1n) is 12.7. The Balaban J connectivity index is 1.70. The number of hydrogen-bond acceptors (Lipinski definition) is 13. The molecule has 5 aromatic carbocycles. The van der Waals surface area contributed by atoms with Gasteiger partial charge in [-0.05, 0) is 66.0 Å². The highest BCUT2D eigenvalue weighted by molar-refractivity contribution is 7.86. The Labute approximate surface area is 265 Å². The van der Waals surface area contributed by atoms with Crippen molar-refractivity contribution in [1.29, 1.82) is 0 Å². The van der Waals surface area contributed by atoms with Crippen molar-refractivity contribution < 1.29 is 48.8 Å². The molecule has 1 amide bonds. The van der Waals surface area contributed by atoms with Crippen LogP contribution in [0.1, 0.15) is 10.4 Å². The molecule has 47 heavy (non-hydrogen) atoms. The number of primary amides is 1. The van der Waals surface area contributed by atoms with Gasteiger partial charge in [0.1, 0.15) is 15.5 Å². The molecule has 242 valence electrons. The Morgan fingerprint density at radius 3 is 1.87 bits per heavy atom. The molecule has 0 aliphatic carbocycles. The summed E-state index contributed by atoms with van der Waals surface area (Å²) in [5.74, 6) is -1.60. The van der Waals surface area contributed by atoms with E-state index in [2.05, 4.69) is 20.5 Å². The van der Waals surface area contributed by atoms with E-state index < -0.39 is 68.1 Å². The summed E-state index contributed by atoms with van der Waals surface area (Å²) in [6.07, 6.45) is 0. The maximum atomic E-state index is 12.3. The van der Waals surface area contributed by atoms with Gasteiger partial charge in [-0.1, -0.05) is 12.1 Å². The molecule has 5 aromatic rings. The molecule has 0 fully saturated rings. The first kappa shape index (κ1) is 33.0. The van der Waals surface area contributed by atoms with Crippen LogP contribution < -0.4 is 11.5 Å².